The standard InChI is InChI=1S/C16H23N3OS/c1-10-5-6-11(20-10)9-19(4)15-18-13-8-16(2,3)7-12(17)14(13)21-15/h5-6,12H,7-9,17H2,1-4H3. The summed E-state index contributed by atoms with van der Waals surface area (Å²) in [6.45, 7) is 7.24. The average Bonchev–Trinajstić information content (AvgIpc) is 2.94. The van der Waals surface area contributed by atoms with Crippen LogP contribution in [-0.2, 0) is 13.0 Å². The predicted octanol–water partition coefficient (Wildman–Crippen LogP) is 3.65. The number of aryl methyl sites for hydroxylation is 1. The van der Waals surface area contributed by atoms with E-state index in [9.17, 15) is 0 Å². The molecule has 0 spiro atoms. The molecule has 21 heavy (non-hydrogen) atoms. The van der Waals surface area contributed by atoms with E-state index in [1.165, 1.54) is 10.6 Å². The van der Waals surface area contributed by atoms with Gasteiger partial charge in [0, 0.05) is 18.0 Å². The summed E-state index contributed by atoms with van der Waals surface area (Å²) in [6.07, 6.45) is 2.04. The topological polar surface area (TPSA) is 55.3 Å². The molecule has 3 rings (SSSR count). The summed E-state index contributed by atoms with van der Waals surface area (Å²) in [5.74, 6) is 1.91. The fourth-order valence-electron chi connectivity index (χ4n) is 3.02. The van der Waals surface area contributed by atoms with Gasteiger partial charge in [0.15, 0.2) is 5.13 Å². The molecule has 2 N–H and O–H groups in total. The number of furan rings is 1. The molecule has 0 radical (unpaired) electrons. The summed E-state index contributed by atoms with van der Waals surface area (Å²) in [4.78, 5) is 8.22. The normalized spacial score (nSPS) is 20.3. The maximum absolute atomic E-state index is 6.32. The molecule has 0 amide bonds. The first-order chi connectivity index (χ1) is 9.84. The Hall–Kier alpha value is -1.33. The van der Waals surface area contributed by atoms with Crippen LogP contribution < -0.4 is 10.6 Å². The Morgan fingerprint density at radius 1 is 1.48 bits per heavy atom. The van der Waals surface area contributed by atoms with Gasteiger partial charge in [-0.3, -0.25) is 0 Å². The van der Waals surface area contributed by atoms with E-state index in [0.29, 0.717) is 0 Å². The first-order valence-corrected chi connectivity index (χ1v) is 8.17. The van der Waals surface area contributed by atoms with Crippen LogP contribution in [0, 0.1) is 12.3 Å². The van der Waals surface area contributed by atoms with Crippen molar-refractivity contribution in [3.63, 3.8) is 0 Å². The van der Waals surface area contributed by atoms with E-state index in [0.717, 1.165) is 36.0 Å². The minimum Gasteiger partial charge on any atom is -0.464 e. The Balaban J connectivity index is 1.81. The first kappa shape index (κ1) is 14.6. The van der Waals surface area contributed by atoms with E-state index in [1.807, 2.05) is 19.1 Å². The van der Waals surface area contributed by atoms with Crippen molar-refractivity contribution in [2.45, 2.75) is 46.2 Å². The monoisotopic (exact) mass is 305 g/mol. The molecule has 1 unspecified atom stereocenters. The highest BCUT2D eigenvalue weighted by Crippen LogP contribution is 2.43. The van der Waals surface area contributed by atoms with Crippen LogP contribution in [-0.4, -0.2) is 12.0 Å². The molecule has 0 aliphatic heterocycles. The molecule has 0 saturated carbocycles. The lowest BCUT2D eigenvalue weighted by Crippen LogP contribution is -2.28. The van der Waals surface area contributed by atoms with Crippen molar-refractivity contribution in [2.24, 2.45) is 11.1 Å². The average molecular weight is 305 g/mol. The minimum atomic E-state index is 0.120. The van der Waals surface area contributed by atoms with Crippen molar-refractivity contribution in [3.8, 4) is 0 Å². The Morgan fingerprint density at radius 2 is 2.24 bits per heavy atom. The number of aromatic nitrogens is 1. The fourth-order valence-corrected chi connectivity index (χ4v) is 4.06. The van der Waals surface area contributed by atoms with E-state index >= 15 is 0 Å². The number of nitrogens with zero attached hydrogens (tertiary/aromatic N) is 2. The summed E-state index contributed by atoms with van der Waals surface area (Å²) >= 11 is 1.73. The van der Waals surface area contributed by atoms with Gasteiger partial charge in [-0.25, -0.2) is 4.98 Å². The lowest BCUT2D eigenvalue weighted by Gasteiger charge is -2.32. The number of anilines is 1. The number of nitrogens with two attached hydrogens (primary N) is 1. The van der Waals surface area contributed by atoms with Crippen LogP contribution in [0.5, 0.6) is 0 Å². The van der Waals surface area contributed by atoms with Gasteiger partial charge in [0.25, 0.3) is 0 Å². The molecule has 114 valence electrons. The smallest absolute Gasteiger partial charge is 0.185 e. The molecule has 1 atom stereocenters. The van der Waals surface area contributed by atoms with Crippen LogP contribution >= 0.6 is 11.3 Å². The predicted molar refractivity (Wildman–Crippen MR) is 86.7 cm³/mol. The third-order valence-electron chi connectivity index (χ3n) is 3.99. The Kier molecular flexibility index (Phi) is 3.58. The first-order valence-electron chi connectivity index (χ1n) is 7.36. The van der Waals surface area contributed by atoms with E-state index in [2.05, 4.69) is 25.8 Å². The highest BCUT2D eigenvalue weighted by molar-refractivity contribution is 7.15. The van der Waals surface area contributed by atoms with Crippen LogP contribution in [0.15, 0.2) is 16.5 Å². The molecule has 5 heteroatoms. The zero-order valence-electron chi connectivity index (χ0n) is 13.1. The highest BCUT2D eigenvalue weighted by Gasteiger charge is 2.33. The summed E-state index contributed by atoms with van der Waals surface area (Å²) in [5, 5.41) is 1.03. The Morgan fingerprint density at radius 3 is 2.90 bits per heavy atom. The van der Waals surface area contributed by atoms with Gasteiger partial charge in [0.1, 0.15) is 11.5 Å². The second kappa shape index (κ2) is 5.14. The molecule has 0 fully saturated rings. The van der Waals surface area contributed by atoms with Gasteiger partial charge in [-0.15, -0.1) is 0 Å². The molecule has 2 aromatic rings. The van der Waals surface area contributed by atoms with Crippen molar-refractivity contribution in [1.82, 2.24) is 4.98 Å². The minimum absolute atomic E-state index is 0.120. The lowest BCUT2D eigenvalue weighted by molar-refractivity contribution is 0.282. The second-order valence-corrected chi connectivity index (χ2v) is 7.84. The van der Waals surface area contributed by atoms with Gasteiger partial charge in [0.2, 0.25) is 0 Å². The molecule has 1 aliphatic rings. The summed E-state index contributed by atoms with van der Waals surface area (Å²) < 4.78 is 5.64. The maximum atomic E-state index is 6.32. The quantitative estimate of drug-likeness (QED) is 0.940. The van der Waals surface area contributed by atoms with Crippen molar-refractivity contribution in [1.29, 1.82) is 0 Å². The van der Waals surface area contributed by atoms with Gasteiger partial charge in [-0.2, -0.15) is 0 Å². The SMILES string of the molecule is Cc1ccc(CN(C)c2nc3c(s2)C(N)CC(C)(C)C3)o1. The van der Waals surface area contributed by atoms with E-state index < -0.39 is 0 Å². The van der Waals surface area contributed by atoms with Crippen LogP contribution in [0.25, 0.3) is 0 Å². The summed E-state index contributed by atoms with van der Waals surface area (Å²) in [6, 6.07) is 4.14. The highest BCUT2D eigenvalue weighted by atomic mass is 32.1. The zero-order valence-corrected chi connectivity index (χ0v) is 14.0. The Bertz CT molecular complexity index is 644. The fraction of sp³-hybridized carbons (Fsp3) is 0.562. The molecule has 2 heterocycles. The number of hydrogen-bond donors (Lipinski definition) is 1. The largest absolute Gasteiger partial charge is 0.464 e. The molecule has 0 bridgehead atoms. The van der Waals surface area contributed by atoms with Gasteiger partial charge in [-0.1, -0.05) is 25.2 Å². The molecule has 1 aliphatic carbocycles. The van der Waals surface area contributed by atoms with Gasteiger partial charge < -0.3 is 15.1 Å². The summed E-state index contributed by atoms with van der Waals surface area (Å²) in [7, 11) is 2.05. The van der Waals surface area contributed by atoms with Crippen LogP contribution in [0.4, 0.5) is 5.13 Å². The van der Waals surface area contributed by atoms with Crippen LogP contribution in [0.2, 0.25) is 0 Å². The van der Waals surface area contributed by atoms with Crippen LogP contribution in [0.3, 0.4) is 0 Å². The summed E-state index contributed by atoms with van der Waals surface area (Å²) in [5.41, 5.74) is 7.75. The van der Waals surface area contributed by atoms with Crippen molar-refractivity contribution in [3.05, 3.63) is 34.2 Å². The molecule has 0 saturated heterocycles. The maximum Gasteiger partial charge on any atom is 0.185 e. The van der Waals surface area contributed by atoms with E-state index in [-0.39, 0.29) is 11.5 Å². The molecular weight excluding hydrogens is 282 g/mol. The zero-order chi connectivity index (χ0) is 15.2. The van der Waals surface area contributed by atoms with Crippen molar-refractivity contribution >= 4 is 16.5 Å². The molecule has 0 aromatic carbocycles. The molecule has 4 nitrogen and oxygen atoms in total. The number of thiazole rings is 1. The van der Waals surface area contributed by atoms with Gasteiger partial charge >= 0.3 is 0 Å². The van der Waals surface area contributed by atoms with Crippen molar-refractivity contribution < 1.29 is 4.42 Å². The van der Waals surface area contributed by atoms with E-state index in [1.54, 1.807) is 11.3 Å². The lowest BCUT2D eigenvalue weighted by atomic mass is 9.77. The number of rotatable bonds is 3. The molecule has 2 aromatic heterocycles. The van der Waals surface area contributed by atoms with Gasteiger partial charge in [0.05, 0.1) is 12.2 Å². The third kappa shape index (κ3) is 2.99. The Labute approximate surface area is 130 Å². The molecular formula is C16H23N3OS. The van der Waals surface area contributed by atoms with Crippen molar-refractivity contribution in [2.75, 3.05) is 11.9 Å². The third-order valence-corrected chi connectivity index (χ3v) is 5.33. The van der Waals surface area contributed by atoms with E-state index in [4.69, 9.17) is 15.1 Å². The number of fused-ring (bicyclic) bond motifs is 1. The second-order valence-electron chi connectivity index (χ2n) is 6.83. The van der Waals surface area contributed by atoms with Gasteiger partial charge in [-0.05, 0) is 37.3 Å². The van der Waals surface area contributed by atoms with Crippen LogP contribution in [0.1, 0.15) is 48.4 Å². The number of hydrogen-bond acceptors (Lipinski definition) is 5.